The number of ether oxygens (including phenoxy) is 2. The average molecular weight is 590 g/mol. The highest BCUT2D eigenvalue weighted by Gasteiger charge is 2.25. The summed E-state index contributed by atoms with van der Waals surface area (Å²) in [5.41, 5.74) is 2.90. The molecule has 1 N–H and O–H groups in total. The molecular formula is C30H35N7O6. The van der Waals surface area contributed by atoms with E-state index in [9.17, 15) is 19.7 Å². The number of esters is 1. The maximum atomic E-state index is 13.1. The maximum Gasteiger partial charge on any atom is 0.418 e. The predicted octanol–water partition coefficient (Wildman–Crippen LogP) is 5.24. The van der Waals surface area contributed by atoms with Crippen LogP contribution in [-0.4, -0.2) is 83.9 Å². The summed E-state index contributed by atoms with van der Waals surface area (Å²) in [6.45, 7) is 6.61. The molecule has 0 amide bonds. The smallest absolute Gasteiger partial charge is 0.418 e. The van der Waals surface area contributed by atoms with E-state index in [2.05, 4.69) is 15.3 Å². The molecule has 13 nitrogen and oxygen atoms in total. The van der Waals surface area contributed by atoms with E-state index >= 15 is 0 Å². The van der Waals surface area contributed by atoms with E-state index in [0.717, 1.165) is 12.1 Å². The van der Waals surface area contributed by atoms with Crippen LogP contribution in [0.25, 0.3) is 22.2 Å². The Hall–Kier alpha value is -5.04. The zero-order valence-corrected chi connectivity index (χ0v) is 25.2. The summed E-state index contributed by atoms with van der Waals surface area (Å²) < 4.78 is 11.7. The Morgan fingerprint density at radius 3 is 2.51 bits per heavy atom. The van der Waals surface area contributed by atoms with Crippen molar-refractivity contribution in [1.29, 1.82) is 0 Å². The van der Waals surface area contributed by atoms with Crippen LogP contribution in [0.1, 0.15) is 29.8 Å². The molecule has 0 bridgehead atoms. The number of hydrogen-bond donors (Lipinski definition) is 1. The third-order valence-corrected chi connectivity index (χ3v) is 6.75. The molecule has 0 spiro atoms. The fourth-order valence-corrected chi connectivity index (χ4v) is 4.55. The van der Waals surface area contributed by atoms with Crippen LogP contribution in [0.3, 0.4) is 0 Å². The second kappa shape index (κ2) is 12.9. The molecule has 4 aromatic rings. The number of aromatic nitrogens is 3. The molecule has 226 valence electrons. The Bertz CT molecular complexity index is 1680. The molecule has 43 heavy (non-hydrogen) atoms. The molecule has 0 radical (unpaired) electrons. The number of anilines is 3. The zero-order valence-electron chi connectivity index (χ0n) is 25.2. The first-order valence-corrected chi connectivity index (χ1v) is 13.6. The number of para-hydroxylation sites is 1. The van der Waals surface area contributed by atoms with Crippen LogP contribution < -0.4 is 10.2 Å². The van der Waals surface area contributed by atoms with Gasteiger partial charge in [0.05, 0.1) is 35.0 Å². The molecule has 2 heterocycles. The third-order valence-electron chi connectivity index (χ3n) is 6.75. The topological polar surface area (TPSA) is 145 Å². The van der Waals surface area contributed by atoms with Crippen molar-refractivity contribution >= 4 is 46.0 Å². The maximum absolute atomic E-state index is 13.1. The van der Waals surface area contributed by atoms with Crippen LogP contribution in [0.15, 0.2) is 48.8 Å². The predicted molar refractivity (Wildman–Crippen MR) is 164 cm³/mol. The first-order chi connectivity index (χ1) is 20.4. The number of aryl methyl sites for hydroxylation is 1. The summed E-state index contributed by atoms with van der Waals surface area (Å²) in [5.74, 6) is -0.541. The highest BCUT2D eigenvalue weighted by Crippen LogP contribution is 2.36. The number of nitro groups is 1. The van der Waals surface area contributed by atoms with Crippen molar-refractivity contribution in [3.63, 3.8) is 0 Å². The minimum Gasteiger partial charge on any atom is -0.459 e. The lowest BCUT2D eigenvalue weighted by atomic mass is 10.1. The first kappa shape index (κ1) is 30.9. The molecule has 0 aliphatic carbocycles. The normalized spacial score (nSPS) is 11.2. The summed E-state index contributed by atoms with van der Waals surface area (Å²) in [6, 6.07) is 10.3. The van der Waals surface area contributed by atoms with Gasteiger partial charge in [0.2, 0.25) is 5.95 Å². The van der Waals surface area contributed by atoms with E-state index in [1.165, 1.54) is 23.9 Å². The van der Waals surface area contributed by atoms with Gasteiger partial charge in [-0.3, -0.25) is 14.7 Å². The number of rotatable bonds is 10. The fraction of sp³-hybridized carbons (Fsp3) is 0.333. The van der Waals surface area contributed by atoms with Gasteiger partial charge in [0, 0.05) is 49.5 Å². The van der Waals surface area contributed by atoms with Gasteiger partial charge in [-0.25, -0.2) is 19.6 Å². The van der Waals surface area contributed by atoms with Crippen molar-refractivity contribution < 1.29 is 24.0 Å². The van der Waals surface area contributed by atoms with Crippen LogP contribution in [0.5, 0.6) is 0 Å². The van der Waals surface area contributed by atoms with Gasteiger partial charge in [-0.05, 0) is 52.6 Å². The molecule has 2 aromatic heterocycles. The molecule has 0 fully saturated rings. The van der Waals surface area contributed by atoms with Crippen LogP contribution >= 0.6 is 0 Å². The summed E-state index contributed by atoms with van der Waals surface area (Å²) in [4.78, 5) is 50.2. The van der Waals surface area contributed by atoms with Crippen molar-refractivity contribution in [1.82, 2.24) is 19.4 Å². The number of fused-ring (bicyclic) bond motifs is 1. The molecule has 0 saturated carbocycles. The highest BCUT2D eigenvalue weighted by molar-refractivity contribution is 6.05. The molecule has 4 rings (SSSR count). The summed E-state index contributed by atoms with van der Waals surface area (Å²) in [6.07, 6.45) is 1.88. The van der Waals surface area contributed by atoms with Crippen molar-refractivity contribution in [2.24, 2.45) is 0 Å². The van der Waals surface area contributed by atoms with Gasteiger partial charge < -0.3 is 24.6 Å². The van der Waals surface area contributed by atoms with E-state index in [1.807, 2.05) is 37.9 Å². The minimum atomic E-state index is -0.636. The Kier molecular flexibility index (Phi) is 9.24. The van der Waals surface area contributed by atoms with Gasteiger partial charge in [0.15, 0.2) is 0 Å². The summed E-state index contributed by atoms with van der Waals surface area (Å²) >= 11 is 0. The number of benzene rings is 2. The standard InChI is InChI=1S/C30H35N7O6/c1-18(2)43-28(38)21-16-31-29(33-27(21)22-17-36(30(39)42-7)24-11-9-8-10-20(22)24)32-23-15-26(37(40)41)25(14-19(23)3)35(6)13-12-34(4)5/h8-11,14-18H,12-13H2,1-7H3,(H,31,32,33). The van der Waals surface area contributed by atoms with Crippen molar-refractivity contribution in [3.8, 4) is 11.3 Å². The number of carbonyl (C=O) groups excluding carboxylic acids is 2. The second-order valence-electron chi connectivity index (χ2n) is 10.6. The monoisotopic (exact) mass is 589 g/mol. The van der Waals surface area contributed by atoms with Crippen LogP contribution in [0.2, 0.25) is 0 Å². The number of likely N-dealkylation sites (N-methyl/N-ethyl adjacent to an activating group) is 2. The number of nitrogens with zero attached hydrogens (tertiary/aromatic N) is 6. The fourth-order valence-electron chi connectivity index (χ4n) is 4.55. The average Bonchev–Trinajstić information content (AvgIpc) is 3.35. The second-order valence-corrected chi connectivity index (χ2v) is 10.6. The molecule has 0 aliphatic rings. The Morgan fingerprint density at radius 2 is 1.86 bits per heavy atom. The Labute approximate surface area is 249 Å². The van der Waals surface area contributed by atoms with E-state index in [1.54, 1.807) is 50.4 Å². The molecule has 0 unspecified atom stereocenters. The first-order valence-electron chi connectivity index (χ1n) is 13.6. The van der Waals surface area contributed by atoms with Gasteiger partial charge in [-0.2, -0.15) is 0 Å². The Balaban J connectivity index is 1.83. The quantitative estimate of drug-likeness (QED) is 0.147. The molecular weight excluding hydrogens is 554 g/mol. The molecule has 0 saturated heterocycles. The number of carbonyl (C=O) groups is 2. The minimum absolute atomic E-state index is 0.0761. The van der Waals surface area contributed by atoms with E-state index in [4.69, 9.17) is 9.47 Å². The van der Waals surface area contributed by atoms with Gasteiger partial charge in [-0.15, -0.1) is 0 Å². The Morgan fingerprint density at radius 1 is 1.14 bits per heavy atom. The number of nitrogens with one attached hydrogen (secondary N) is 1. The number of methoxy groups -OCH3 is 1. The third kappa shape index (κ3) is 6.72. The lowest BCUT2D eigenvalue weighted by molar-refractivity contribution is -0.384. The van der Waals surface area contributed by atoms with Gasteiger partial charge in [-0.1, -0.05) is 18.2 Å². The number of nitro benzene ring substituents is 1. The van der Waals surface area contributed by atoms with Crippen molar-refractivity contribution in [3.05, 3.63) is 70.0 Å². The van der Waals surface area contributed by atoms with Crippen LogP contribution in [0, 0.1) is 17.0 Å². The number of hydrogen-bond acceptors (Lipinski definition) is 11. The lowest BCUT2D eigenvalue weighted by Gasteiger charge is -2.22. The molecule has 2 aromatic carbocycles. The largest absolute Gasteiger partial charge is 0.459 e. The van der Waals surface area contributed by atoms with E-state index in [0.29, 0.717) is 34.4 Å². The highest BCUT2D eigenvalue weighted by atomic mass is 16.6. The van der Waals surface area contributed by atoms with Gasteiger partial charge in [0.1, 0.15) is 11.3 Å². The van der Waals surface area contributed by atoms with Gasteiger partial charge in [0.25, 0.3) is 5.69 Å². The molecule has 13 heteroatoms. The van der Waals surface area contributed by atoms with E-state index < -0.39 is 23.1 Å². The lowest BCUT2D eigenvalue weighted by Crippen LogP contribution is -2.29. The van der Waals surface area contributed by atoms with Crippen LogP contribution in [-0.2, 0) is 9.47 Å². The zero-order chi connectivity index (χ0) is 31.4. The van der Waals surface area contributed by atoms with Crippen molar-refractivity contribution in [2.45, 2.75) is 26.9 Å². The molecule has 0 aliphatic heterocycles. The van der Waals surface area contributed by atoms with Crippen LogP contribution in [0.4, 0.5) is 27.8 Å². The van der Waals surface area contributed by atoms with Gasteiger partial charge >= 0.3 is 12.1 Å². The van der Waals surface area contributed by atoms with Crippen molar-refractivity contribution in [2.75, 3.05) is 51.6 Å². The summed E-state index contributed by atoms with van der Waals surface area (Å²) in [7, 11) is 6.97. The molecule has 0 atom stereocenters. The summed E-state index contributed by atoms with van der Waals surface area (Å²) in [5, 5.41) is 15.8. The SMILES string of the molecule is COC(=O)n1cc(-c2nc(Nc3cc([N+](=O)[O-])c(N(C)CCN(C)C)cc3C)ncc2C(=O)OC(C)C)c2ccccc21. The van der Waals surface area contributed by atoms with E-state index in [-0.39, 0.29) is 22.9 Å².